The molecule has 0 bridgehead atoms. The second-order valence-corrected chi connectivity index (χ2v) is 9.55. The van der Waals surface area contributed by atoms with Gasteiger partial charge < -0.3 is 19.1 Å². The minimum absolute atomic E-state index is 0.137. The maximum Gasteiger partial charge on any atom is 0.292 e. The fourth-order valence-electron chi connectivity index (χ4n) is 3.64. The summed E-state index contributed by atoms with van der Waals surface area (Å²) in [6.45, 7) is 14.7. The second-order valence-electron chi connectivity index (χ2n) is 7.79. The molecule has 0 N–H and O–H groups in total. The number of fused-ring (bicyclic) bond motifs is 1. The van der Waals surface area contributed by atoms with E-state index in [1.807, 2.05) is 23.6 Å². The van der Waals surface area contributed by atoms with Crippen LogP contribution in [0.3, 0.4) is 0 Å². The van der Waals surface area contributed by atoms with E-state index in [-0.39, 0.29) is 11.7 Å². The van der Waals surface area contributed by atoms with Gasteiger partial charge in [0.1, 0.15) is 11.0 Å². The van der Waals surface area contributed by atoms with Crippen molar-refractivity contribution >= 4 is 50.0 Å². The van der Waals surface area contributed by atoms with Crippen LogP contribution in [0.5, 0.6) is 0 Å². The van der Waals surface area contributed by atoms with Crippen LogP contribution in [0.1, 0.15) is 33.3 Å². The zero-order valence-electron chi connectivity index (χ0n) is 19.6. The number of rotatable bonds is 6. The van der Waals surface area contributed by atoms with Gasteiger partial charge >= 0.3 is 0 Å². The van der Waals surface area contributed by atoms with Crippen molar-refractivity contribution in [2.45, 2.75) is 40.3 Å². The molecule has 3 aromatic rings. The molecule has 180 valence electrons. The molecular weight excluding hydrogens is 481 g/mol. The number of hydrogen-bond acceptors (Lipinski definition) is 7. The van der Waals surface area contributed by atoms with Crippen LogP contribution in [-0.4, -0.2) is 64.9 Å². The molecule has 0 radical (unpaired) electrons. The molecule has 1 fully saturated rings. The highest BCUT2D eigenvalue weighted by Crippen LogP contribution is 2.30. The first-order valence-electron chi connectivity index (χ1n) is 11.3. The van der Waals surface area contributed by atoms with Crippen LogP contribution in [0.2, 0.25) is 10.0 Å². The molecule has 0 spiro atoms. The lowest BCUT2D eigenvalue weighted by atomic mass is 10.2. The van der Waals surface area contributed by atoms with Crippen molar-refractivity contribution < 1.29 is 4.74 Å². The van der Waals surface area contributed by atoms with E-state index < -0.39 is 0 Å². The Kier molecular flexibility index (Phi) is 9.52. The highest BCUT2D eigenvalue weighted by Gasteiger charge is 2.22. The fraction of sp³-hybridized carbons (Fsp3) is 0.522. The van der Waals surface area contributed by atoms with Gasteiger partial charge in [0.15, 0.2) is 10.8 Å². The Bertz CT molecular complexity index is 1110. The first kappa shape index (κ1) is 25.9. The van der Waals surface area contributed by atoms with E-state index in [2.05, 4.69) is 35.6 Å². The summed E-state index contributed by atoms with van der Waals surface area (Å²) in [5.74, 6) is 0. The summed E-state index contributed by atoms with van der Waals surface area (Å²) in [6, 6.07) is 5.49. The molecular formula is C23H31Cl2N5O2S. The van der Waals surface area contributed by atoms with E-state index in [9.17, 15) is 4.79 Å². The maximum absolute atomic E-state index is 12.2. The van der Waals surface area contributed by atoms with Crippen LogP contribution in [-0.2, 0) is 11.3 Å². The molecule has 2 aromatic heterocycles. The van der Waals surface area contributed by atoms with E-state index in [0.717, 1.165) is 23.8 Å². The summed E-state index contributed by atoms with van der Waals surface area (Å²) in [4.78, 5) is 25.4. The Morgan fingerprint density at radius 1 is 1.21 bits per heavy atom. The lowest BCUT2D eigenvalue weighted by Crippen LogP contribution is -2.41. The Labute approximate surface area is 208 Å². The topological polar surface area (TPSA) is 63.5 Å². The van der Waals surface area contributed by atoms with Gasteiger partial charge in [-0.05, 0) is 38.2 Å². The van der Waals surface area contributed by atoms with Crippen LogP contribution in [0.4, 0.5) is 5.13 Å². The van der Waals surface area contributed by atoms with E-state index in [0.29, 0.717) is 33.5 Å². The van der Waals surface area contributed by atoms with Gasteiger partial charge in [-0.1, -0.05) is 67.4 Å². The number of hydrogen-bond donors (Lipinski definition) is 0. The molecule has 0 aliphatic carbocycles. The molecule has 7 nitrogen and oxygen atoms in total. The van der Waals surface area contributed by atoms with Gasteiger partial charge in [0.25, 0.3) is 5.56 Å². The zero-order chi connectivity index (χ0) is 24.0. The summed E-state index contributed by atoms with van der Waals surface area (Å²) in [5, 5.41) is 1.81. The highest BCUT2D eigenvalue weighted by molar-refractivity contribution is 7.22. The lowest BCUT2D eigenvalue weighted by molar-refractivity contribution is 0.0532. The average molecular weight is 513 g/mol. The highest BCUT2D eigenvalue weighted by atomic mass is 35.5. The van der Waals surface area contributed by atoms with Crippen molar-refractivity contribution in [3.8, 4) is 0 Å². The summed E-state index contributed by atoms with van der Waals surface area (Å²) in [6.07, 6.45) is 1.64. The Balaban J connectivity index is 0.000000383. The average Bonchev–Trinajstić information content (AvgIpc) is 3.27. The number of aromatic nitrogens is 3. The van der Waals surface area contributed by atoms with E-state index >= 15 is 0 Å². The number of ether oxygens (including phenoxy) is 1. The summed E-state index contributed by atoms with van der Waals surface area (Å²) >= 11 is 13.8. The smallest absolute Gasteiger partial charge is 0.292 e. The molecule has 1 atom stereocenters. The van der Waals surface area contributed by atoms with Crippen LogP contribution < -0.4 is 10.5 Å². The van der Waals surface area contributed by atoms with Crippen molar-refractivity contribution in [1.82, 2.24) is 19.4 Å². The minimum Gasteiger partial charge on any atom is -0.375 e. The van der Waals surface area contributed by atoms with Crippen LogP contribution in [0.15, 0.2) is 29.3 Å². The van der Waals surface area contributed by atoms with Gasteiger partial charge in [-0.15, -0.1) is 0 Å². The SMILES string of the molecule is CC1CN(c2nc3c(s2)c(=O)ncn3Cc2cccc(Cl)c2Cl)CCO1.CCN(CC)CC. The van der Waals surface area contributed by atoms with Gasteiger partial charge in [-0.25, -0.2) is 4.98 Å². The third-order valence-corrected chi connectivity index (χ3v) is 7.56. The number of halogens is 2. The first-order valence-corrected chi connectivity index (χ1v) is 12.8. The molecule has 0 saturated carbocycles. The van der Waals surface area contributed by atoms with Gasteiger partial charge in [-0.3, -0.25) is 4.79 Å². The van der Waals surface area contributed by atoms with Gasteiger partial charge in [0.05, 0.1) is 29.3 Å². The van der Waals surface area contributed by atoms with Crippen molar-refractivity contribution in [1.29, 1.82) is 0 Å². The lowest BCUT2D eigenvalue weighted by Gasteiger charge is -2.30. The Hall–Kier alpha value is -1.71. The number of morpholine rings is 1. The summed E-state index contributed by atoms with van der Waals surface area (Å²) in [7, 11) is 0. The van der Waals surface area contributed by atoms with E-state index in [1.54, 1.807) is 6.07 Å². The molecule has 1 unspecified atom stereocenters. The largest absolute Gasteiger partial charge is 0.375 e. The van der Waals surface area contributed by atoms with Crippen LogP contribution in [0.25, 0.3) is 10.3 Å². The molecule has 1 aliphatic rings. The molecule has 33 heavy (non-hydrogen) atoms. The summed E-state index contributed by atoms with van der Waals surface area (Å²) < 4.78 is 7.96. The number of benzene rings is 1. The normalized spacial score (nSPS) is 16.2. The van der Waals surface area contributed by atoms with Crippen molar-refractivity contribution in [3.05, 3.63) is 50.5 Å². The fourth-order valence-corrected chi connectivity index (χ4v) is 5.02. The first-order chi connectivity index (χ1) is 15.9. The molecule has 1 aromatic carbocycles. The number of anilines is 1. The number of thiazole rings is 1. The molecule has 4 rings (SSSR count). The predicted octanol–water partition coefficient (Wildman–Crippen LogP) is 4.78. The monoisotopic (exact) mass is 511 g/mol. The Morgan fingerprint density at radius 3 is 2.58 bits per heavy atom. The standard InChI is InChI=1S/C17H16Cl2N4O2S.C6H15N/c1-10-7-22(5-6-25-10)17-21-15-14(26-17)16(24)20-9-23(15)8-11-3-2-4-12(18)13(11)19;1-4-7(5-2)6-3/h2-4,9-10H,5-8H2,1H3;4-6H2,1-3H3. The zero-order valence-corrected chi connectivity index (χ0v) is 21.9. The third kappa shape index (κ3) is 6.45. The molecule has 10 heteroatoms. The van der Waals surface area contributed by atoms with Crippen molar-refractivity contribution in [3.63, 3.8) is 0 Å². The van der Waals surface area contributed by atoms with E-state index in [4.69, 9.17) is 32.9 Å². The maximum atomic E-state index is 12.2. The van der Waals surface area contributed by atoms with Gasteiger partial charge in [-0.2, -0.15) is 4.98 Å². The Morgan fingerprint density at radius 2 is 1.94 bits per heavy atom. The quantitative estimate of drug-likeness (QED) is 0.474. The van der Waals surface area contributed by atoms with Crippen molar-refractivity contribution in [2.75, 3.05) is 44.2 Å². The van der Waals surface area contributed by atoms with Crippen LogP contribution in [0, 0.1) is 0 Å². The molecule has 1 aliphatic heterocycles. The van der Waals surface area contributed by atoms with E-state index in [1.165, 1.54) is 37.3 Å². The van der Waals surface area contributed by atoms with Crippen molar-refractivity contribution in [2.24, 2.45) is 0 Å². The number of nitrogens with zero attached hydrogens (tertiary/aromatic N) is 5. The molecule has 1 saturated heterocycles. The molecule has 3 heterocycles. The van der Waals surface area contributed by atoms with Gasteiger partial charge in [0.2, 0.25) is 0 Å². The summed E-state index contributed by atoms with van der Waals surface area (Å²) in [5.41, 5.74) is 1.19. The third-order valence-electron chi connectivity index (χ3n) is 5.60. The second kappa shape index (κ2) is 12.1. The van der Waals surface area contributed by atoms with Gasteiger partial charge in [0, 0.05) is 13.1 Å². The molecule has 0 amide bonds. The predicted molar refractivity (Wildman–Crippen MR) is 138 cm³/mol. The minimum atomic E-state index is -0.265. The van der Waals surface area contributed by atoms with Crippen LogP contribution >= 0.6 is 34.5 Å².